The summed E-state index contributed by atoms with van der Waals surface area (Å²) in [7, 11) is 0. The number of piperidine rings is 1. The van der Waals surface area contributed by atoms with Crippen molar-refractivity contribution in [2.45, 2.75) is 11.8 Å². The third-order valence-electron chi connectivity index (χ3n) is 5.17. The predicted molar refractivity (Wildman–Crippen MR) is 87.5 cm³/mol. The first-order chi connectivity index (χ1) is 11.2. The molecule has 0 saturated carbocycles. The molecule has 1 aromatic carbocycles. The second-order valence-corrected chi connectivity index (χ2v) is 6.36. The van der Waals surface area contributed by atoms with E-state index in [9.17, 15) is 9.90 Å². The number of ether oxygens (including phenoxy) is 1. The number of fused-ring (bicyclic) bond motifs is 2. The maximum absolute atomic E-state index is 12.4. The lowest BCUT2D eigenvalue weighted by atomic mass is 9.67. The van der Waals surface area contributed by atoms with Crippen molar-refractivity contribution in [1.82, 2.24) is 10.3 Å². The number of H-pyrrole nitrogens is 1. The van der Waals surface area contributed by atoms with Crippen LogP contribution in [0.1, 0.15) is 12.1 Å². The van der Waals surface area contributed by atoms with Crippen molar-refractivity contribution < 1.29 is 14.6 Å². The zero-order chi connectivity index (χ0) is 15.9. The predicted octanol–water partition coefficient (Wildman–Crippen LogP) is 2.06. The third-order valence-corrected chi connectivity index (χ3v) is 5.17. The SMILES string of the molecule is O=C(O)[C@@]1(c2cc3ccccc3[nH]2)COCC=C2CNCC[C@@H]21. The van der Waals surface area contributed by atoms with E-state index in [2.05, 4.69) is 10.3 Å². The van der Waals surface area contributed by atoms with Gasteiger partial charge in [-0.15, -0.1) is 0 Å². The van der Waals surface area contributed by atoms with Crippen molar-refractivity contribution in [2.75, 3.05) is 26.3 Å². The van der Waals surface area contributed by atoms with Crippen LogP contribution in [0.4, 0.5) is 0 Å². The number of aliphatic carboxylic acids is 1. The van der Waals surface area contributed by atoms with Gasteiger partial charge in [0.05, 0.1) is 13.2 Å². The molecule has 23 heavy (non-hydrogen) atoms. The van der Waals surface area contributed by atoms with Crippen LogP contribution in [-0.4, -0.2) is 42.4 Å². The third kappa shape index (κ3) is 2.19. The second-order valence-electron chi connectivity index (χ2n) is 6.36. The van der Waals surface area contributed by atoms with Crippen molar-refractivity contribution in [2.24, 2.45) is 5.92 Å². The molecule has 1 aromatic heterocycles. The molecule has 0 radical (unpaired) electrons. The quantitative estimate of drug-likeness (QED) is 0.742. The second kappa shape index (κ2) is 5.51. The lowest BCUT2D eigenvalue weighted by Crippen LogP contribution is -2.51. The number of hydrogen-bond acceptors (Lipinski definition) is 3. The Balaban J connectivity index is 1.90. The Morgan fingerprint density at radius 1 is 1.35 bits per heavy atom. The van der Waals surface area contributed by atoms with Crippen molar-refractivity contribution in [1.29, 1.82) is 0 Å². The molecule has 2 aliphatic heterocycles. The number of hydrogen-bond donors (Lipinski definition) is 3. The molecule has 0 amide bonds. The largest absolute Gasteiger partial charge is 0.480 e. The van der Waals surface area contributed by atoms with Crippen molar-refractivity contribution in [3.63, 3.8) is 0 Å². The van der Waals surface area contributed by atoms with Crippen molar-refractivity contribution >= 4 is 16.9 Å². The molecule has 0 aliphatic carbocycles. The number of carboxylic acids is 1. The highest BCUT2D eigenvalue weighted by molar-refractivity contribution is 5.87. The summed E-state index contributed by atoms with van der Waals surface area (Å²) in [6.45, 7) is 2.24. The molecular weight excluding hydrogens is 292 g/mol. The molecule has 4 rings (SSSR count). The molecule has 3 heterocycles. The Morgan fingerprint density at radius 3 is 3.04 bits per heavy atom. The van der Waals surface area contributed by atoms with Gasteiger partial charge in [0.2, 0.25) is 0 Å². The van der Waals surface area contributed by atoms with Gasteiger partial charge in [-0.3, -0.25) is 4.79 Å². The number of aromatic amines is 1. The fourth-order valence-corrected chi connectivity index (χ4v) is 3.96. The van der Waals surface area contributed by atoms with E-state index in [0.717, 1.165) is 41.7 Å². The number of para-hydroxylation sites is 1. The zero-order valence-corrected chi connectivity index (χ0v) is 12.8. The summed E-state index contributed by atoms with van der Waals surface area (Å²) in [5, 5.41) is 14.6. The Kier molecular flexibility index (Phi) is 3.47. The number of nitrogens with one attached hydrogen (secondary N) is 2. The minimum Gasteiger partial charge on any atom is -0.480 e. The molecule has 2 atom stereocenters. The van der Waals surface area contributed by atoms with Gasteiger partial charge in [-0.25, -0.2) is 0 Å². The molecule has 0 bridgehead atoms. The van der Waals surface area contributed by atoms with E-state index in [0.29, 0.717) is 6.61 Å². The summed E-state index contributed by atoms with van der Waals surface area (Å²) < 4.78 is 5.71. The lowest BCUT2D eigenvalue weighted by molar-refractivity contribution is -0.149. The van der Waals surface area contributed by atoms with Gasteiger partial charge in [-0.1, -0.05) is 29.8 Å². The number of carbonyl (C=O) groups is 1. The van der Waals surface area contributed by atoms with Gasteiger partial charge in [0.25, 0.3) is 0 Å². The van der Waals surface area contributed by atoms with E-state index in [1.165, 1.54) is 0 Å². The molecule has 1 saturated heterocycles. The molecule has 0 spiro atoms. The molecule has 2 aliphatic rings. The molecular formula is C18H20N2O3. The normalized spacial score (nSPS) is 28.0. The Morgan fingerprint density at radius 2 is 2.22 bits per heavy atom. The first kappa shape index (κ1) is 14.5. The summed E-state index contributed by atoms with van der Waals surface area (Å²) in [5.41, 5.74) is 1.80. The van der Waals surface area contributed by atoms with Crippen LogP contribution in [0.25, 0.3) is 10.9 Å². The number of carboxylic acid groups (broad SMARTS) is 1. The number of benzene rings is 1. The van der Waals surface area contributed by atoms with Crippen molar-refractivity contribution in [3.05, 3.63) is 47.7 Å². The smallest absolute Gasteiger partial charge is 0.318 e. The zero-order valence-electron chi connectivity index (χ0n) is 12.8. The summed E-state index contributed by atoms with van der Waals surface area (Å²) >= 11 is 0. The molecule has 3 N–H and O–H groups in total. The Labute approximate surface area is 134 Å². The monoisotopic (exact) mass is 312 g/mol. The number of aromatic nitrogens is 1. The van der Waals surface area contributed by atoms with Gasteiger partial charge in [-0.05, 0) is 30.5 Å². The molecule has 1 fully saturated rings. The van der Waals surface area contributed by atoms with E-state index in [1.54, 1.807) is 0 Å². The van der Waals surface area contributed by atoms with Gasteiger partial charge >= 0.3 is 5.97 Å². The minimum absolute atomic E-state index is 0.0446. The first-order valence-corrected chi connectivity index (χ1v) is 8.01. The van der Waals surface area contributed by atoms with Crippen LogP contribution in [0.2, 0.25) is 0 Å². The summed E-state index contributed by atoms with van der Waals surface area (Å²) in [4.78, 5) is 15.8. The van der Waals surface area contributed by atoms with Crippen LogP contribution in [0.15, 0.2) is 42.0 Å². The van der Waals surface area contributed by atoms with E-state index in [1.807, 2.05) is 36.4 Å². The van der Waals surface area contributed by atoms with Gasteiger partial charge in [0, 0.05) is 23.7 Å². The van der Waals surface area contributed by atoms with Gasteiger partial charge in [-0.2, -0.15) is 0 Å². The molecule has 5 heteroatoms. The van der Waals surface area contributed by atoms with Crippen LogP contribution in [0.5, 0.6) is 0 Å². The van der Waals surface area contributed by atoms with Gasteiger partial charge in [0.1, 0.15) is 5.41 Å². The fraction of sp³-hybridized carbons (Fsp3) is 0.389. The Bertz CT molecular complexity index is 746. The van der Waals surface area contributed by atoms with Crippen molar-refractivity contribution in [3.8, 4) is 0 Å². The number of rotatable bonds is 2. The van der Waals surface area contributed by atoms with Crippen LogP contribution >= 0.6 is 0 Å². The van der Waals surface area contributed by atoms with Crippen LogP contribution < -0.4 is 5.32 Å². The highest BCUT2D eigenvalue weighted by Crippen LogP contribution is 2.42. The molecule has 0 unspecified atom stereocenters. The van der Waals surface area contributed by atoms with E-state index in [-0.39, 0.29) is 12.5 Å². The topological polar surface area (TPSA) is 74.3 Å². The standard InChI is InChI=1S/C18H20N2O3/c21-17(22)18(16-9-12-3-1-2-4-15(12)20-16)11-23-8-6-13-10-19-7-5-14(13)18/h1-4,6,9,14,19-20H,5,7-8,10-11H2,(H,21,22)/t14-,18-/m0/s1. The van der Waals surface area contributed by atoms with Gasteiger partial charge in [0.15, 0.2) is 0 Å². The molecule has 2 aromatic rings. The maximum Gasteiger partial charge on any atom is 0.318 e. The summed E-state index contributed by atoms with van der Waals surface area (Å²) in [5.74, 6) is -0.861. The first-order valence-electron chi connectivity index (χ1n) is 8.01. The van der Waals surface area contributed by atoms with Crippen LogP contribution in [-0.2, 0) is 14.9 Å². The fourth-order valence-electron chi connectivity index (χ4n) is 3.96. The van der Waals surface area contributed by atoms with E-state index in [4.69, 9.17) is 4.74 Å². The van der Waals surface area contributed by atoms with E-state index >= 15 is 0 Å². The van der Waals surface area contributed by atoms with Gasteiger partial charge < -0.3 is 20.1 Å². The minimum atomic E-state index is -1.05. The van der Waals surface area contributed by atoms with E-state index < -0.39 is 11.4 Å². The average Bonchev–Trinajstić information content (AvgIpc) is 2.89. The lowest BCUT2D eigenvalue weighted by Gasteiger charge is -2.39. The molecule has 120 valence electrons. The van der Waals surface area contributed by atoms with Crippen LogP contribution in [0, 0.1) is 5.92 Å². The highest BCUT2D eigenvalue weighted by Gasteiger charge is 2.51. The van der Waals surface area contributed by atoms with Crippen LogP contribution in [0.3, 0.4) is 0 Å². The summed E-state index contributed by atoms with van der Waals surface area (Å²) in [6.07, 6.45) is 2.85. The average molecular weight is 312 g/mol. The summed E-state index contributed by atoms with van der Waals surface area (Å²) in [6, 6.07) is 9.87. The molecule has 5 nitrogen and oxygen atoms in total. The Hall–Kier alpha value is -2.11. The highest BCUT2D eigenvalue weighted by atomic mass is 16.5. The maximum atomic E-state index is 12.4.